The van der Waals surface area contributed by atoms with Crippen LogP contribution in [0, 0.1) is 0 Å². The molecule has 0 fully saturated rings. The van der Waals surface area contributed by atoms with Gasteiger partial charge in [0.25, 0.3) is 17.7 Å². The van der Waals surface area contributed by atoms with Crippen LogP contribution in [0.4, 0.5) is 0 Å². The maximum atomic E-state index is 13.0. The van der Waals surface area contributed by atoms with Gasteiger partial charge in [-0.25, -0.2) is 9.67 Å². The van der Waals surface area contributed by atoms with Crippen molar-refractivity contribution < 1.29 is 14.4 Å². The molecule has 29 heavy (non-hydrogen) atoms. The van der Waals surface area contributed by atoms with E-state index in [0.717, 1.165) is 16.2 Å². The van der Waals surface area contributed by atoms with Crippen molar-refractivity contribution >= 4 is 17.7 Å². The standard InChI is InChI=1S/C21H19N5O3/c1-13(14-4-7-16(8-5-14)26-12-22-11-23-26)24(2)19(27)15-6-9-17-18(10-15)21(29)25(3)20(17)28/h4-13H,1-3H3. The Hall–Kier alpha value is -3.81. The number of aromatic nitrogens is 3. The van der Waals surface area contributed by atoms with E-state index in [0.29, 0.717) is 11.1 Å². The molecule has 0 radical (unpaired) electrons. The van der Waals surface area contributed by atoms with Crippen LogP contribution in [0.1, 0.15) is 49.6 Å². The zero-order valence-corrected chi connectivity index (χ0v) is 16.2. The Labute approximate surface area is 167 Å². The Morgan fingerprint density at radius 3 is 2.38 bits per heavy atom. The molecule has 1 aliphatic heterocycles. The molecule has 0 saturated carbocycles. The first-order valence-corrected chi connectivity index (χ1v) is 9.07. The van der Waals surface area contributed by atoms with Gasteiger partial charge in [-0.2, -0.15) is 5.10 Å². The van der Waals surface area contributed by atoms with Crippen LogP contribution in [0.2, 0.25) is 0 Å². The summed E-state index contributed by atoms with van der Waals surface area (Å²) < 4.78 is 1.66. The van der Waals surface area contributed by atoms with Crippen LogP contribution < -0.4 is 0 Å². The highest BCUT2D eigenvalue weighted by Gasteiger charge is 2.33. The van der Waals surface area contributed by atoms with Crippen molar-refractivity contribution in [1.29, 1.82) is 0 Å². The Morgan fingerprint density at radius 2 is 1.72 bits per heavy atom. The second kappa shape index (κ2) is 6.97. The lowest BCUT2D eigenvalue weighted by Gasteiger charge is -2.25. The first-order chi connectivity index (χ1) is 13.9. The molecule has 3 aromatic rings. The van der Waals surface area contributed by atoms with E-state index in [9.17, 15) is 14.4 Å². The molecule has 8 nitrogen and oxygen atoms in total. The molecule has 0 bridgehead atoms. The number of rotatable bonds is 4. The lowest BCUT2D eigenvalue weighted by molar-refractivity contribution is 0.0692. The number of carbonyl (C=O) groups excluding carboxylic acids is 3. The summed E-state index contributed by atoms with van der Waals surface area (Å²) in [6.07, 6.45) is 3.08. The first-order valence-electron chi connectivity index (χ1n) is 9.07. The zero-order chi connectivity index (χ0) is 20.7. The molecule has 146 valence electrons. The van der Waals surface area contributed by atoms with Gasteiger partial charge in [0.15, 0.2) is 0 Å². The topological polar surface area (TPSA) is 88.4 Å². The van der Waals surface area contributed by atoms with Crippen LogP contribution in [-0.4, -0.2) is 56.4 Å². The third kappa shape index (κ3) is 3.08. The predicted octanol–water partition coefficient (Wildman–Crippen LogP) is 2.33. The molecule has 2 aromatic carbocycles. The number of imide groups is 1. The number of amides is 3. The molecule has 1 unspecified atom stereocenters. The van der Waals surface area contributed by atoms with Crippen molar-refractivity contribution in [3.8, 4) is 5.69 Å². The van der Waals surface area contributed by atoms with Crippen LogP contribution in [0.25, 0.3) is 5.69 Å². The largest absolute Gasteiger partial charge is 0.335 e. The summed E-state index contributed by atoms with van der Waals surface area (Å²) in [5.41, 5.74) is 2.79. The van der Waals surface area contributed by atoms with Crippen LogP contribution in [0.5, 0.6) is 0 Å². The first kappa shape index (κ1) is 18.5. The molecule has 0 spiro atoms. The highest BCUT2D eigenvalue weighted by molar-refractivity contribution is 6.21. The average molecular weight is 389 g/mol. The minimum atomic E-state index is -0.390. The highest BCUT2D eigenvalue weighted by Crippen LogP contribution is 2.26. The number of carbonyl (C=O) groups is 3. The molecule has 0 saturated heterocycles. The van der Waals surface area contributed by atoms with Crippen LogP contribution in [0.15, 0.2) is 55.1 Å². The summed E-state index contributed by atoms with van der Waals surface area (Å²) in [6, 6.07) is 12.1. The van der Waals surface area contributed by atoms with Crippen molar-refractivity contribution in [2.24, 2.45) is 0 Å². The van der Waals surface area contributed by atoms with Crippen molar-refractivity contribution in [2.45, 2.75) is 13.0 Å². The molecule has 2 heterocycles. The van der Waals surface area contributed by atoms with Crippen LogP contribution >= 0.6 is 0 Å². The fourth-order valence-corrected chi connectivity index (χ4v) is 3.34. The van der Waals surface area contributed by atoms with E-state index >= 15 is 0 Å². The van der Waals surface area contributed by atoms with Crippen molar-refractivity contribution in [1.82, 2.24) is 24.6 Å². The molecular weight excluding hydrogens is 370 g/mol. The second-order valence-electron chi connectivity index (χ2n) is 6.95. The maximum Gasteiger partial charge on any atom is 0.261 e. The quantitative estimate of drug-likeness (QED) is 0.639. The van der Waals surface area contributed by atoms with Crippen LogP contribution in [0.3, 0.4) is 0 Å². The summed E-state index contributed by atoms with van der Waals surface area (Å²) in [6.45, 7) is 1.93. The highest BCUT2D eigenvalue weighted by atomic mass is 16.2. The molecule has 1 aromatic heterocycles. The van der Waals surface area contributed by atoms with Crippen molar-refractivity contribution in [3.05, 3.63) is 77.4 Å². The Balaban J connectivity index is 1.55. The summed E-state index contributed by atoms with van der Waals surface area (Å²) in [5, 5.41) is 4.10. The lowest BCUT2D eigenvalue weighted by Crippen LogP contribution is -2.29. The van der Waals surface area contributed by atoms with E-state index in [-0.39, 0.29) is 29.3 Å². The maximum absolute atomic E-state index is 13.0. The van der Waals surface area contributed by atoms with E-state index in [1.54, 1.807) is 29.0 Å². The van der Waals surface area contributed by atoms with E-state index in [1.165, 1.54) is 25.5 Å². The van der Waals surface area contributed by atoms with E-state index in [4.69, 9.17) is 0 Å². The normalized spacial score (nSPS) is 14.1. The second-order valence-corrected chi connectivity index (χ2v) is 6.95. The van der Waals surface area contributed by atoms with E-state index in [2.05, 4.69) is 10.1 Å². The fourth-order valence-electron chi connectivity index (χ4n) is 3.34. The van der Waals surface area contributed by atoms with Gasteiger partial charge in [-0.3, -0.25) is 19.3 Å². The molecule has 8 heteroatoms. The van der Waals surface area contributed by atoms with Gasteiger partial charge in [0, 0.05) is 19.7 Å². The minimum absolute atomic E-state index is 0.194. The van der Waals surface area contributed by atoms with Gasteiger partial charge in [0.05, 0.1) is 22.9 Å². The summed E-state index contributed by atoms with van der Waals surface area (Å²) in [4.78, 5) is 43.8. The van der Waals surface area contributed by atoms with Gasteiger partial charge in [0.1, 0.15) is 12.7 Å². The number of hydrogen-bond acceptors (Lipinski definition) is 5. The smallest absolute Gasteiger partial charge is 0.261 e. The summed E-state index contributed by atoms with van der Waals surface area (Å²) in [7, 11) is 3.15. The van der Waals surface area contributed by atoms with E-state index in [1.807, 2.05) is 31.2 Å². The van der Waals surface area contributed by atoms with Gasteiger partial charge in [-0.15, -0.1) is 0 Å². The number of benzene rings is 2. The Kier molecular flexibility index (Phi) is 4.46. The summed E-state index contributed by atoms with van der Waals surface area (Å²) in [5.74, 6) is -0.965. The summed E-state index contributed by atoms with van der Waals surface area (Å²) >= 11 is 0. The van der Waals surface area contributed by atoms with Gasteiger partial charge < -0.3 is 4.90 Å². The van der Waals surface area contributed by atoms with E-state index < -0.39 is 0 Å². The third-order valence-electron chi connectivity index (χ3n) is 5.30. The van der Waals surface area contributed by atoms with Gasteiger partial charge in [0.2, 0.25) is 0 Å². The SMILES string of the molecule is CC(c1ccc(-n2cncn2)cc1)N(C)C(=O)c1ccc2c(c1)C(=O)N(C)C2=O. The lowest BCUT2D eigenvalue weighted by atomic mass is 10.0. The van der Waals surface area contributed by atoms with Gasteiger partial charge in [-0.05, 0) is 42.8 Å². The average Bonchev–Trinajstić information content (AvgIpc) is 3.36. The number of fused-ring (bicyclic) bond motifs is 1. The fraction of sp³-hybridized carbons (Fsp3) is 0.190. The van der Waals surface area contributed by atoms with Crippen LogP contribution in [-0.2, 0) is 0 Å². The van der Waals surface area contributed by atoms with Gasteiger partial charge in [-0.1, -0.05) is 12.1 Å². The van der Waals surface area contributed by atoms with Crippen molar-refractivity contribution in [3.63, 3.8) is 0 Å². The third-order valence-corrected chi connectivity index (χ3v) is 5.30. The monoisotopic (exact) mass is 389 g/mol. The number of nitrogens with zero attached hydrogens (tertiary/aromatic N) is 5. The number of hydrogen-bond donors (Lipinski definition) is 0. The molecule has 4 rings (SSSR count). The Bertz CT molecular complexity index is 1110. The Morgan fingerprint density at radius 1 is 1.03 bits per heavy atom. The molecule has 1 aliphatic rings. The van der Waals surface area contributed by atoms with Crippen molar-refractivity contribution in [2.75, 3.05) is 14.1 Å². The molecule has 3 amide bonds. The molecular formula is C21H19N5O3. The molecule has 0 aliphatic carbocycles. The molecule has 1 atom stereocenters. The molecule has 0 N–H and O–H groups in total. The van der Waals surface area contributed by atoms with Gasteiger partial charge >= 0.3 is 0 Å². The predicted molar refractivity (Wildman–Crippen MR) is 105 cm³/mol. The minimum Gasteiger partial charge on any atom is -0.335 e. The zero-order valence-electron chi connectivity index (χ0n) is 16.2.